The summed E-state index contributed by atoms with van der Waals surface area (Å²) in [5.41, 5.74) is 0.893. The number of rotatable bonds is 4. The van der Waals surface area contributed by atoms with Gasteiger partial charge in [-0.1, -0.05) is 19.8 Å². The number of aromatic nitrogens is 2. The van der Waals surface area contributed by atoms with E-state index in [2.05, 4.69) is 29.1 Å². The number of hydrogen-bond donors (Lipinski definition) is 0. The van der Waals surface area contributed by atoms with Crippen LogP contribution in [0.4, 0.5) is 0 Å². The summed E-state index contributed by atoms with van der Waals surface area (Å²) in [6, 6.07) is 2.56. The van der Waals surface area contributed by atoms with Crippen molar-refractivity contribution in [3.05, 3.63) is 23.5 Å². The fourth-order valence-electron chi connectivity index (χ4n) is 3.55. The molecule has 0 bridgehead atoms. The lowest BCUT2D eigenvalue weighted by Crippen LogP contribution is -2.38. The lowest BCUT2D eigenvalue weighted by molar-refractivity contribution is 0.124. The molecule has 22 heavy (non-hydrogen) atoms. The van der Waals surface area contributed by atoms with E-state index in [1.165, 1.54) is 25.7 Å². The third kappa shape index (κ3) is 3.09. The highest BCUT2D eigenvalue weighted by atomic mass is 16.4. The largest absolute Gasteiger partial charge is 0.466 e. The predicted octanol–water partition coefficient (Wildman–Crippen LogP) is 3.96. The summed E-state index contributed by atoms with van der Waals surface area (Å²) in [5, 5.41) is 8.38. The SMILES string of the molecule is Cc1cc(-c2nnc(CN(C)C3CCCCC3C)o2)c(C)o1. The molecule has 0 aliphatic heterocycles. The van der Waals surface area contributed by atoms with Crippen LogP contribution in [0.15, 0.2) is 14.9 Å². The van der Waals surface area contributed by atoms with Crippen molar-refractivity contribution < 1.29 is 8.83 Å². The maximum absolute atomic E-state index is 5.84. The average Bonchev–Trinajstić information content (AvgIpc) is 3.05. The van der Waals surface area contributed by atoms with Gasteiger partial charge in [-0.3, -0.25) is 4.90 Å². The second-order valence-electron chi connectivity index (χ2n) is 6.57. The van der Waals surface area contributed by atoms with Gasteiger partial charge in [-0.2, -0.15) is 0 Å². The molecular weight excluding hydrogens is 278 g/mol. The van der Waals surface area contributed by atoms with Gasteiger partial charge in [0.05, 0.1) is 12.1 Å². The summed E-state index contributed by atoms with van der Waals surface area (Å²) in [5.74, 6) is 3.64. The molecule has 0 N–H and O–H groups in total. The zero-order chi connectivity index (χ0) is 15.7. The van der Waals surface area contributed by atoms with Crippen molar-refractivity contribution in [3.63, 3.8) is 0 Å². The van der Waals surface area contributed by atoms with E-state index in [4.69, 9.17) is 8.83 Å². The summed E-state index contributed by atoms with van der Waals surface area (Å²) in [6.45, 7) is 6.89. The maximum atomic E-state index is 5.84. The van der Waals surface area contributed by atoms with Gasteiger partial charge in [-0.05, 0) is 45.7 Å². The van der Waals surface area contributed by atoms with Gasteiger partial charge in [0.1, 0.15) is 11.5 Å². The molecule has 2 aromatic rings. The Bertz CT molecular complexity index is 632. The van der Waals surface area contributed by atoms with Gasteiger partial charge in [0.15, 0.2) is 0 Å². The molecule has 0 saturated heterocycles. The molecule has 2 heterocycles. The van der Waals surface area contributed by atoms with Crippen molar-refractivity contribution in [1.29, 1.82) is 0 Å². The molecular formula is C17H25N3O2. The van der Waals surface area contributed by atoms with Crippen molar-refractivity contribution >= 4 is 0 Å². The third-order valence-electron chi connectivity index (χ3n) is 4.76. The second-order valence-corrected chi connectivity index (χ2v) is 6.57. The monoisotopic (exact) mass is 303 g/mol. The van der Waals surface area contributed by atoms with Crippen LogP contribution in [-0.2, 0) is 6.54 Å². The van der Waals surface area contributed by atoms with Gasteiger partial charge in [-0.15, -0.1) is 10.2 Å². The van der Waals surface area contributed by atoms with Gasteiger partial charge < -0.3 is 8.83 Å². The molecule has 1 fully saturated rings. The minimum absolute atomic E-state index is 0.550. The average molecular weight is 303 g/mol. The van der Waals surface area contributed by atoms with Gasteiger partial charge in [0.2, 0.25) is 5.89 Å². The minimum Gasteiger partial charge on any atom is -0.466 e. The zero-order valence-corrected chi connectivity index (χ0v) is 13.9. The lowest BCUT2D eigenvalue weighted by Gasteiger charge is -2.35. The van der Waals surface area contributed by atoms with E-state index in [1.807, 2.05) is 19.9 Å². The Morgan fingerprint density at radius 1 is 1.18 bits per heavy atom. The Balaban J connectivity index is 1.70. The van der Waals surface area contributed by atoms with E-state index in [-0.39, 0.29) is 0 Å². The van der Waals surface area contributed by atoms with Crippen molar-refractivity contribution in [2.45, 2.75) is 59.0 Å². The first-order chi connectivity index (χ1) is 10.5. The quantitative estimate of drug-likeness (QED) is 0.855. The Morgan fingerprint density at radius 2 is 1.95 bits per heavy atom. The zero-order valence-electron chi connectivity index (χ0n) is 13.9. The fraction of sp³-hybridized carbons (Fsp3) is 0.647. The molecule has 1 aliphatic carbocycles. The summed E-state index contributed by atoms with van der Waals surface area (Å²) < 4.78 is 11.4. The molecule has 0 aromatic carbocycles. The fourth-order valence-corrected chi connectivity index (χ4v) is 3.55. The van der Waals surface area contributed by atoms with Gasteiger partial charge >= 0.3 is 0 Å². The molecule has 0 amide bonds. The molecule has 2 unspecified atom stereocenters. The number of nitrogens with zero attached hydrogens (tertiary/aromatic N) is 3. The highest BCUT2D eigenvalue weighted by Crippen LogP contribution is 2.29. The minimum atomic E-state index is 0.550. The topological polar surface area (TPSA) is 55.3 Å². The number of aryl methyl sites for hydroxylation is 2. The van der Waals surface area contributed by atoms with Gasteiger partial charge in [0, 0.05) is 6.04 Å². The Morgan fingerprint density at radius 3 is 2.64 bits per heavy atom. The molecule has 0 spiro atoms. The standard InChI is InChI=1S/C17H25N3O2/c1-11-7-5-6-8-15(11)20(4)10-16-18-19-17(22-16)14-9-12(2)21-13(14)3/h9,11,15H,5-8,10H2,1-4H3. The van der Waals surface area contributed by atoms with Crippen LogP contribution in [0.3, 0.4) is 0 Å². The normalized spacial score (nSPS) is 22.4. The summed E-state index contributed by atoms with van der Waals surface area (Å²) in [7, 11) is 2.16. The van der Waals surface area contributed by atoms with Crippen molar-refractivity contribution in [1.82, 2.24) is 15.1 Å². The van der Waals surface area contributed by atoms with Crippen LogP contribution >= 0.6 is 0 Å². The van der Waals surface area contributed by atoms with Crippen LogP contribution in [0.5, 0.6) is 0 Å². The van der Waals surface area contributed by atoms with Crippen molar-refractivity contribution in [3.8, 4) is 11.5 Å². The molecule has 0 radical (unpaired) electrons. The van der Waals surface area contributed by atoms with Crippen molar-refractivity contribution in [2.24, 2.45) is 5.92 Å². The van der Waals surface area contributed by atoms with E-state index in [1.54, 1.807) is 0 Å². The highest BCUT2D eigenvalue weighted by molar-refractivity contribution is 5.55. The number of hydrogen-bond acceptors (Lipinski definition) is 5. The van der Waals surface area contributed by atoms with Crippen LogP contribution in [0.25, 0.3) is 11.5 Å². The molecule has 2 aromatic heterocycles. The van der Waals surface area contributed by atoms with E-state index in [0.717, 1.165) is 23.0 Å². The second kappa shape index (κ2) is 6.24. The Labute approximate surface area is 131 Å². The molecule has 5 heteroatoms. The molecule has 5 nitrogen and oxygen atoms in total. The third-order valence-corrected chi connectivity index (χ3v) is 4.76. The lowest BCUT2D eigenvalue weighted by atomic mass is 9.85. The van der Waals surface area contributed by atoms with E-state index >= 15 is 0 Å². The smallest absolute Gasteiger partial charge is 0.251 e. The first-order valence-electron chi connectivity index (χ1n) is 8.14. The predicted molar refractivity (Wildman–Crippen MR) is 84.4 cm³/mol. The molecule has 120 valence electrons. The molecule has 2 atom stereocenters. The van der Waals surface area contributed by atoms with Crippen LogP contribution in [0, 0.1) is 19.8 Å². The molecule has 1 aliphatic rings. The van der Waals surface area contributed by atoms with Crippen LogP contribution < -0.4 is 0 Å². The first kappa shape index (κ1) is 15.3. The summed E-state index contributed by atoms with van der Waals surface area (Å²) in [6.07, 6.45) is 5.26. The van der Waals surface area contributed by atoms with Gasteiger partial charge in [-0.25, -0.2) is 0 Å². The van der Waals surface area contributed by atoms with Crippen molar-refractivity contribution in [2.75, 3.05) is 7.05 Å². The summed E-state index contributed by atoms with van der Waals surface area (Å²) >= 11 is 0. The maximum Gasteiger partial charge on any atom is 0.251 e. The van der Waals surface area contributed by atoms with Gasteiger partial charge in [0.25, 0.3) is 5.89 Å². The first-order valence-corrected chi connectivity index (χ1v) is 8.14. The van der Waals surface area contributed by atoms with E-state index in [0.29, 0.717) is 24.4 Å². The van der Waals surface area contributed by atoms with Crippen LogP contribution in [-0.4, -0.2) is 28.2 Å². The molecule has 1 saturated carbocycles. The van der Waals surface area contributed by atoms with Crippen LogP contribution in [0.1, 0.15) is 50.0 Å². The van der Waals surface area contributed by atoms with E-state index < -0.39 is 0 Å². The van der Waals surface area contributed by atoms with Crippen LogP contribution in [0.2, 0.25) is 0 Å². The Hall–Kier alpha value is -1.62. The summed E-state index contributed by atoms with van der Waals surface area (Å²) in [4.78, 5) is 2.36. The highest BCUT2D eigenvalue weighted by Gasteiger charge is 2.26. The number of furan rings is 1. The molecule has 3 rings (SSSR count). The van der Waals surface area contributed by atoms with E-state index in [9.17, 15) is 0 Å². The Kier molecular flexibility index (Phi) is 4.34.